The van der Waals surface area contributed by atoms with E-state index in [2.05, 4.69) is 15.5 Å². The van der Waals surface area contributed by atoms with Gasteiger partial charge in [0.25, 0.3) is 5.91 Å². The van der Waals surface area contributed by atoms with Crippen molar-refractivity contribution >= 4 is 17.6 Å². The van der Waals surface area contributed by atoms with Crippen LogP contribution < -0.4 is 15.8 Å². The number of anilines is 2. The van der Waals surface area contributed by atoms with Crippen molar-refractivity contribution < 1.29 is 13.9 Å². The molecule has 1 amide bonds. The lowest BCUT2D eigenvalue weighted by molar-refractivity contribution is -0.118. The maximum atomic E-state index is 11.5. The minimum absolute atomic E-state index is 0.0497. The number of aryl methyl sites for hydroxylation is 1. The molecule has 2 aromatic rings. The minimum atomic E-state index is -0.388. The number of hydrogen-bond donors (Lipinski definition) is 2. The summed E-state index contributed by atoms with van der Waals surface area (Å²) in [6.07, 6.45) is 0. The standard InChI is InChI=1S/C11H12N4O3/c1-7-14-15-11(18-7)13-10(16)6-17-9-4-2-3-8(12)5-9/h2-5H,6,12H2,1H3,(H,13,15,16). The van der Waals surface area contributed by atoms with Crippen LogP contribution in [-0.2, 0) is 4.79 Å². The largest absolute Gasteiger partial charge is 0.484 e. The molecule has 18 heavy (non-hydrogen) atoms. The van der Waals surface area contributed by atoms with E-state index in [1.165, 1.54) is 0 Å². The molecule has 0 saturated carbocycles. The first-order valence-electron chi connectivity index (χ1n) is 5.22. The Balaban J connectivity index is 1.85. The zero-order chi connectivity index (χ0) is 13.0. The summed E-state index contributed by atoms with van der Waals surface area (Å²) >= 11 is 0. The van der Waals surface area contributed by atoms with Crippen LogP contribution in [0.1, 0.15) is 5.89 Å². The van der Waals surface area contributed by atoms with Gasteiger partial charge in [0.2, 0.25) is 5.89 Å². The second-order valence-electron chi connectivity index (χ2n) is 3.54. The van der Waals surface area contributed by atoms with Gasteiger partial charge in [-0.15, -0.1) is 5.10 Å². The van der Waals surface area contributed by atoms with Gasteiger partial charge in [0.05, 0.1) is 0 Å². The summed E-state index contributed by atoms with van der Waals surface area (Å²) in [5, 5.41) is 9.62. The van der Waals surface area contributed by atoms with Crippen molar-refractivity contribution in [3.05, 3.63) is 30.2 Å². The van der Waals surface area contributed by atoms with E-state index in [0.717, 1.165) is 0 Å². The monoisotopic (exact) mass is 248 g/mol. The van der Waals surface area contributed by atoms with Crippen LogP contribution in [0.15, 0.2) is 28.7 Å². The summed E-state index contributed by atoms with van der Waals surface area (Å²) in [6, 6.07) is 6.86. The Kier molecular flexibility index (Phi) is 3.42. The van der Waals surface area contributed by atoms with Crippen LogP contribution in [-0.4, -0.2) is 22.7 Å². The molecule has 1 heterocycles. The van der Waals surface area contributed by atoms with E-state index in [1.54, 1.807) is 31.2 Å². The van der Waals surface area contributed by atoms with Gasteiger partial charge in [-0.3, -0.25) is 10.1 Å². The molecule has 7 heteroatoms. The van der Waals surface area contributed by atoms with Crippen molar-refractivity contribution in [3.63, 3.8) is 0 Å². The van der Waals surface area contributed by atoms with Gasteiger partial charge in [-0.25, -0.2) is 0 Å². The molecule has 0 saturated heterocycles. The number of nitrogens with zero attached hydrogens (tertiary/aromatic N) is 2. The molecule has 1 aromatic heterocycles. The Morgan fingerprint density at radius 1 is 1.50 bits per heavy atom. The molecule has 0 aliphatic heterocycles. The Labute approximate surface area is 103 Å². The van der Waals surface area contributed by atoms with Gasteiger partial charge in [0.1, 0.15) is 5.75 Å². The number of amides is 1. The highest BCUT2D eigenvalue weighted by molar-refractivity contribution is 5.89. The number of nitrogen functional groups attached to an aromatic ring is 1. The summed E-state index contributed by atoms with van der Waals surface area (Å²) in [6.45, 7) is 1.47. The third-order valence-electron chi connectivity index (χ3n) is 2.00. The molecule has 3 N–H and O–H groups in total. The number of carbonyl (C=O) groups is 1. The number of ether oxygens (including phenoxy) is 1. The molecule has 0 unspecified atom stereocenters. The summed E-state index contributed by atoms with van der Waals surface area (Å²) in [5.74, 6) is 0.509. The molecular formula is C11H12N4O3. The van der Waals surface area contributed by atoms with E-state index >= 15 is 0 Å². The predicted molar refractivity (Wildman–Crippen MR) is 64.0 cm³/mol. The van der Waals surface area contributed by atoms with Crippen LogP contribution in [0.4, 0.5) is 11.7 Å². The average molecular weight is 248 g/mol. The molecule has 0 atom stereocenters. The molecular weight excluding hydrogens is 236 g/mol. The third-order valence-corrected chi connectivity index (χ3v) is 2.00. The van der Waals surface area contributed by atoms with Crippen LogP contribution in [0.3, 0.4) is 0 Å². The molecule has 7 nitrogen and oxygen atoms in total. The smallest absolute Gasteiger partial charge is 0.322 e. The fourth-order valence-electron chi connectivity index (χ4n) is 1.26. The van der Waals surface area contributed by atoms with Crippen molar-refractivity contribution in [1.29, 1.82) is 0 Å². The quantitative estimate of drug-likeness (QED) is 0.781. The first-order valence-corrected chi connectivity index (χ1v) is 5.22. The van der Waals surface area contributed by atoms with Crippen LogP contribution in [0, 0.1) is 6.92 Å². The molecule has 1 aromatic carbocycles. The minimum Gasteiger partial charge on any atom is -0.484 e. The van der Waals surface area contributed by atoms with Crippen LogP contribution >= 0.6 is 0 Å². The maximum absolute atomic E-state index is 11.5. The molecule has 0 aliphatic carbocycles. The van der Waals surface area contributed by atoms with Gasteiger partial charge in [-0.05, 0) is 12.1 Å². The van der Waals surface area contributed by atoms with E-state index in [-0.39, 0.29) is 18.5 Å². The van der Waals surface area contributed by atoms with Gasteiger partial charge in [0, 0.05) is 18.7 Å². The number of hydrogen-bond acceptors (Lipinski definition) is 6. The molecule has 0 aliphatic rings. The number of nitrogens with one attached hydrogen (secondary N) is 1. The van der Waals surface area contributed by atoms with Gasteiger partial charge in [0.15, 0.2) is 6.61 Å². The van der Waals surface area contributed by atoms with Crippen molar-refractivity contribution in [2.24, 2.45) is 0 Å². The van der Waals surface area contributed by atoms with E-state index in [0.29, 0.717) is 17.3 Å². The van der Waals surface area contributed by atoms with Crippen LogP contribution in [0.25, 0.3) is 0 Å². The van der Waals surface area contributed by atoms with Gasteiger partial charge < -0.3 is 14.9 Å². The Bertz CT molecular complexity index is 553. The Hall–Kier alpha value is -2.57. The summed E-state index contributed by atoms with van der Waals surface area (Å²) < 4.78 is 10.2. The molecule has 2 rings (SSSR count). The number of aromatic nitrogens is 2. The number of rotatable bonds is 4. The highest BCUT2D eigenvalue weighted by atomic mass is 16.5. The fourth-order valence-corrected chi connectivity index (χ4v) is 1.26. The van der Waals surface area contributed by atoms with Gasteiger partial charge >= 0.3 is 6.01 Å². The highest BCUT2D eigenvalue weighted by Gasteiger charge is 2.08. The fraction of sp³-hybridized carbons (Fsp3) is 0.182. The molecule has 0 bridgehead atoms. The van der Waals surface area contributed by atoms with E-state index < -0.39 is 0 Å². The molecule has 94 valence electrons. The van der Waals surface area contributed by atoms with Gasteiger partial charge in [-0.1, -0.05) is 11.2 Å². The Morgan fingerprint density at radius 3 is 3.00 bits per heavy atom. The number of nitrogens with two attached hydrogens (primary N) is 1. The summed E-state index contributed by atoms with van der Waals surface area (Å²) in [7, 11) is 0. The predicted octanol–water partition coefficient (Wildman–Crippen LogP) is 0.978. The average Bonchev–Trinajstić information content (AvgIpc) is 2.72. The topological polar surface area (TPSA) is 103 Å². The maximum Gasteiger partial charge on any atom is 0.322 e. The Morgan fingerprint density at radius 2 is 2.33 bits per heavy atom. The lowest BCUT2D eigenvalue weighted by Crippen LogP contribution is -2.20. The second-order valence-corrected chi connectivity index (χ2v) is 3.54. The first-order chi connectivity index (χ1) is 8.63. The highest BCUT2D eigenvalue weighted by Crippen LogP contribution is 2.14. The SMILES string of the molecule is Cc1nnc(NC(=O)COc2cccc(N)c2)o1. The normalized spacial score (nSPS) is 10.1. The van der Waals surface area contributed by atoms with Crippen LogP contribution in [0.2, 0.25) is 0 Å². The lowest BCUT2D eigenvalue weighted by atomic mass is 10.3. The third kappa shape index (κ3) is 3.21. The summed E-state index contributed by atoms with van der Waals surface area (Å²) in [5.41, 5.74) is 6.15. The molecule has 0 fully saturated rings. The van der Waals surface area contributed by atoms with Crippen molar-refractivity contribution in [3.8, 4) is 5.75 Å². The van der Waals surface area contributed by atoms with E-state index in [1.807, 2.05) is 0 Å². The zero-order valence-corrected chi connectivity index (χ0v) is 9.71. The lowest BCUT2D eigenvalue weighted by Gasteiger charge is -2.05. The molecule has 0 spiro atoms. The van der Waals surface area contributed by atoms with Crippen molar-refractivity contribution in [1.82, 2.24) is 10.2 Å². The van der Waals surface area contributed by atoms with Crippen molar-refractivity contribution in [2.45, 2.75) is 6.92 Å². The molecule has 0 radical (unpaired) electrons. The number of carbonyl (C=O) groups excluding carboxylic acids is 1. The summed E-state index contributed by atoms with van der Waals surface area (Å²) in [4.78, 5) is 11.5. The van der Waals surface area contributed by atoms with Crippen molar-refractivity contribution in [2.75, 3.05) is 17.7 Å². The van der Waals surface area contributed by atoms with E-state index in [4.69, 9.17) is 14.9 Å². The first kappa shape index (κ1) is 11.9. The van der Waals surface area contributed by atoms with Crippen LogP contribution in [0.5, 0.6) is 5.75 Å². The second kappa shape index (κ2) is 5.17. The van der Waals surface area contributed by atoms with Gasteiger partial charge in [-0.2, -0.15) is 0 Å². The van der Waals surface area contributed by atoms with E-state index in [9.17, 15) is 4.79 Å². The number of benzene rings is 1. The zero-order valence-electron chi connectivity index (χ0n) is 9.71.